The van der Waals surface area contributed by atoms with Crippen LogP contribution in [-0.2, 0) is 4.12 Å². The van der Waals surface area contributed by atoms with Crippen molar-refractivity contribution in [3.63, 3.8) is 0 Å². The molecule has 5 heteroatoms. The van der Waals surface area contributed by atoms with Crippen LogP contribution in [0.3, 0.4) is 0 Å². The van der Waals surface area contributed by atoms with Gasteiger partial charge in [-0.15, -0.1) is 0 Å². The van der Waals surface area contributed by atoms with Gasteiger partial charge >= 0.3 is 0 Å². The summed E-state index contributed by atoms with van der Waals surface area (Å²) in [6, 6.07) is 0. The van der Waals surface area contributed by atoms with E-state index in [-0.39, 0.29) is 0 Å². The van der Waals surface area contributed by atoms with Crippen molar-refractivity contribution in [2.75, 3.05) is 0 Å². The van der Waals surface area contributed by atoms with Crippen molar-refractivity contribution in [1.29, 1.82) is 0 Å². The Bertz CT molecular complexity index is 146. The van der Waals surface area contributed by atoms with Crippen LogP contribution in [0.1, 0.15) is 13.3 Å². The number of rotatable bonds is 4. The number of aliphatic hydroxyl groups is 2. The monoisotopic (exact) mass is 207 g/mol. The second-order valence-electron chi connectivity index (χ2n) is 3.69. The molecule has 0 unspecified atom stereocenters. The molecular weight excluding hydrogens is 188 g/mol. The smallest absolute Gasteiger partial charge is 0.239 e. The van der Waals surface area contributed by atoms with Gasteiger partial charge in [0.05, 0.1) is 0 Å². The fourth-order valence-corrected chi connectivity index (χ4v) is 6.61. The van der Waals surface area contributed by atoms with Crippen LogP contribution in [0, 0.1) is 0 Å². The molecule has 2 N–H and O–H groups in total. The maximum Gasteiger partial charge on any atom is 0.239 e. The third-order valence-corrected chi connectivity index (χ3v) is 7.87. The SMILES string of the molecule is CCC(O)(O)[Si](C)(C)O[Si](C)C. The van der Waals surface area contributed by atoms with Crippen molar-refractivity contribution in [3.05, 3.63) is 0 Å². The molecule has 0 saturated carbocycles. The summed E-state index contributed by atoms with van der Waals surface area (Å²) in [4.78, 5) is 0. The number of hydrogen-bond acceptors (Lipinski definition) is 3. The minimum Gasteiger partial charge on any atom is -0.452 e. The topological polar surface area (TPSA) is 49.7 Å². The molecule has 0 aliphatic rings. The second-order valence-corrected chi connectivity index (χ2v) is 10.1. The van der Waals surface area contributed by atoms with E-state index in [1.54, 1.807) is 6.92 Å². The van der Waals surface area contributed by atoms with Gasteiger partial charge in [0, 0.05) is 0 Å². The minimum atomic E-state index is -2.34. The maximum atomic E-state index is 9.61. The summed E-state index contributed by atoms with van der Waals surface area (Å²) in [5, 5.41) is 19.2. The molecule has 0 heterocycles. The van der Waals surface area contributed by atoms with Crippen molar-refractivity contribution in [1.82, 2.24) is 0 Å². The molecule has 0 aliphatic heterocycles. The molecule has 0 atom stereocenters. The highest BCUT2D eigenvalue weighted by atomic mass is 28.4. The molecule has 3 nitrogen and oxygen atoms in total. The van der Waals surface area contributed by atoms with Gasteiger partial charge in [-0.2, -0.15) is 0 Å². The van der Waals surface area contributed by atoms with Crippen LogP contribution in [0.5, 0.6) is 0 Å². The molecule has 0 spiro atoms. The van der Waals surface area contributed by atoms with E-state index in [4.69, 9.17) is 4.12 Å². The molecule has 0 amide bonds. The van der Waals surface area contributed by atoms with Crippen LogP contribution in [-0.4, -0.2) is 33.0 Å². The third-order valence-electron chi connectivity index (χ3n) is 1.92. The average molecular weight is 207 g/mol. The zero-order chi connectivity index (χ0) is 9.99. The summed E-state index contributed by atoms with van der Waals surface area (Å²) in [6.45, 7) is 9.45. The predicted octanol–water partition coefficient (Wildman–Crippen LogP) is 1.09. The lowest BCUT2D eigenvalue weighted by Gasteiger charge is -2.36. The quantitative estimate of drug-likeness (QED) is 0.536. The Morgan fingerprint density at radius 1 is 1.33 bits per heavy atom. The standard InChI is InChI=1S/C7H19O3Si2/c1-6-7(8,9)12(4,5)10-11(2)3/h8-9H,6H2,1-5H3. The van der Waals surface area contributed by atoms with Gasteiger partial charge in [-0.25, -0.2) is 0 Å². The summed E-state index contributed by atoms with van der Waals surface area (Å²) in [5.41, 5.74) is -1.59. The molecule has 0 aromatic carbocycles. The van der Waals surface area contributed by atoms with E-state index in [2.05, 4.69) is 0 Å². The van der Waals surface area contributed by atoms with Gasteiger partial charge in [0.25, 0.3) is 0 Å². The van der Waals surface area contributed by atoms with Gasteiger partial charge in [-0.1, -0.05) is 6.92 Å². The van der Waals surface area contributed by atoms with Gasteiger partial charge in [-0.3, -0.25) is 0 Å². The van der Waals surface area contributed by atoms with E-state index in [1.165, 1.54) is 0 Å². The van der Waals surface area contributed by atoms with E-state index in [9.17, 15) is 10.2 Å². The lowest BCUT2D eigenvalue weighted by Crippen LogP contribution is -2.57. The van der Waals surface area contributed by atoms with E-state index < -0.39 is 22.8 Å². The average Bonchev–Trinajstić information content (AvgIpc) is 1.84. The summed E-state index contributed by atoms with van der Waals surface area (Å²) in [6.07, 6.45) is 0.335. The molecule has 0 rings (SSSR count). The van der Waals surface area contributed by atoms with Crippen LogP contribution in [0.2, 0.25) is 26.2 Å². The fraction of sp³-hybridized carbons (Fsp3) is 1.00. The molecule has 0 aliphatic carbocycles. The lowest BCUT2D eigenvalue weighted by atomic mass is 10.5. The highest BCUT2D eigenvalue weighted by Crippen LogP contribution is 2.23. The van der Waals surface area contributed by atoms with Crippen LogP contribution in [0.4, 0.5) is 0 Å². The zero-order valence-electron chi connectivity index (χ0n) is 8.51. The highest BCUT2D eigenvalue weighted by Gasteiger charge is 2.44. The summed E-state index contributed by atoms with van der Waals surface area (Å²) in [5.74, 6) is 0. The lowest BCUT2D eigenvalue weighted by molar-refractivity contribution is -0.106. The van der Waals surface area contributed by atoms with E-state index >= 15 is 0 Å². The fourth-order valence-electron chi connectivity index (χ4n) is 1.02. The van der Waals surface area contributed by atoms with Gasteiger partial charge in [0.2, 0.25) is 8.32 Å². The minimum absolute atomic E-state index is 0.335. The molecule has 1 radical (unpaired) electrons. The highest BCUT2D eigenvalue weighted by molar-refractivity contribution is 6.79. The van der Waals surface area contributed by atoms with Crippen molar-refractivity contribution >= 4 is 17.4 Å². The first-order valence-electron chi connectivity index (χ1n) is 4.17. The van der Waals surface area contributed by atoms with Crippen LogP contribution < -0.4 is 0 Å². The maximum absolute atomic E-state index is 9.61. The van der Waals surface area contributed by atoms with Crippen molar-refractivity contribution in [2.24, 2.45) is 0 Å². The Kier molecular flexibility index (Phi) is 4.12. The van der Waals surface area contributed by atoms with E-state index in [1.807, 2.05) is 26.2 Å². The Morgan fingerprint density at radius 3 is 2.00 bits per heavy atom. The zero-order valence-corrected chi connectivity index (χ0v) is 10.5. The first kappa shape index (κ1) is 12.3. The molecule has 0 saturated heterocycles. The second kappa shape index (κ2) is 4.01. The normalized spacial score (nSPS) is 14.0. The van der Waals surface area contributed by atoms with Gasteiger partial charge in [-0.05, 0) is 32.6 Å². The van der Waals surface area contributed by atoms with E-state index in [0.29, 0.717) is 6.42 Å². The molecule has 0 aromatic rings. The summed E-state index contributed by atoms with van der Waals surface area (Å²) in [7, 11) is -3.18. The van der Waals surface area contributed by atoms with Crippen molar-refractivity contribution in [2.45, 2.75) is 44.9 Å². The summed E-state index contributed by atoms with van der Waals surface area (Å²) < 4.78 is 5.63. The van der Waals surface area contributed by atoms with Gasteiger partial charge in [0.15, 0.2) is 14.5 Å². The molecule has 73 valence electrons. The molecule has 0 aromatic heterocycles. The Hall–Kier alpha value is 0.314. The number of hydrogen-bond donors (Lipinski definition) is 2. The van der Waals surface area contributed by atoms with Crippen LogP contribution >= 0.6 is 0 Å². The first-order chi connectivity index (χ1) is 5.23. The Morgan fingerprint density at radius 2 is 1.75 bits per heavy atom. The largest absolute Gasteiger partial charge is 0.452 e. The van der Waals surface area contributed by atoms with Crippen molar-refractivity contribution < 1.29 is 14.3 Å². The summed E-state index contributed by atoms with van der Waals surface area (Å²) >= 11 is 0. The van der Waals surface area contributed by atoms with E-state index in [0.717, 1.165) is 0 Å². The Labute approximate surface area is 77.2 Å². The van der Waals surface area contributed by atoms with Crippen LogP contribution in [0.25, 0.3) is 0 Å². The van der Waals surface area contributed by atoms with Crippen LogP contribution in [0.15, 0.2) is 0 Å². The molecule has 12 heavy (non-hydrogen) atoms. The first-order valence-corrected chi connectivity index (χ1v) is 9.48. The Balaban J connectivity index is 4.37. The molecular formula is C7H19O3Si2. The molecule has 0 fully saturated rings. The predicted molar refractivity (Wildman–Crippen MR) is 53.5 cm³/mol. The van der Waals surface area contributed by atoms with Gasteiger partial charge < -0.3 is 14.3 Å². The van der Waals surface area contributed by atoms with Gasteiger partial charge in [0.1, 0.15) is 0 Å². The third kappa shape index (κ3) is 2.98. The molecule has 0 bridgehead atoms. The van der Waals surface area contributed by atoms with Crippen molar-refractivity contribution in [3.8, 4) is 0 Å².